The fourth-order valence-corrected chi connectivity index (χ4v) is 2.63. The molecule has 0 atom stereocenters. The summed E-state index contributed by atoms with van der Waals surface area (Å²) >= 11 is 5.93. The number of pyridine rings is 1. The molecule has 1 aromatic heterocycles. The molecule has 24 heavy (non-hydrogen) atoms. The molecule has 1 amide bonds. The highest BCUT2D eigenvalue weighted by atomic mass is 35.5. The predicted molar refractivity (Wildman–Crippen MR) is 97.6 cm³/mol. The van der Waals surface area contributed by atoms with Crippen LogP contribution in [0, 0.1) is 0 Å². The maximum Gasteiger partial charge on any atom is 0.255 e. The first kappa shape index (κ1) is 17.8. The monoisotopic (exact) mass is 342 g/mol. The average molecular weight is 343 g/mol. The van der Waals surface area contributed by atoms with Crippen LogP contribution in [-0.2, 0) is 6.42 Å². The topological polar surface area (TPSA) is 62.2 Å². The molecular weight excluding hydrogens is 324 g/mol. The van der Waals surface area contributed by atoms with Crippen LogP contribution in [0.3, 0.4) is 0 Å². The van der Waals surface area contributed by atoms with Gasteiger partial charge in [-0.25, -0.2) is 0 Å². The SMILES string of the molecule is C.O=C(NCCc1cccc(Cl)c1)c1ccc2cccnc2c1O. The van der Waals surface area contributed by atoms with E-state index in [-0.39, 0.29) is 24.6 Å². The normalized spacial score (nSPS) is 10.2. The van der Waals surface area contributed by atoms with Crippen molar-refractivity contribution in [3.8, 4) is 5.75 Å². The van der Waals surface area contributed by atoms with Gasteiger partial charge in [-0.2, -0.15) is 0 Å². The number of aromatic nitrogens is 1. The predicted octanol–water partition coefficient (Wildman–Crippen LogP) is 4.20. The maximum absolute atomic E-state index is 12.2. The van der Waals surface area contributed by atoms with Gasteiger partial charge in [0.15, 0.2) is 5.75 Å². The van der Waals surface area contributed by atoms with E-state index in [4.69, 9.17) is 11.6 Å². The number of halogens is 1. The molecule has 2 N–H and O–H groups in total. The molecule has 3 rings (SSSR count). The van der Waals surface area contributed by atoms with Crippen molar-refractivity contribution in [2.24, 2.45) is 0 Å². The van der Waals surface area contributed by atoms with Crippen LogP contribution in [0.1, 0.15) is 23.3 Å². The molecule has 0 bridgehead atoms. The van der Waals surface area contributed by atoms with Crippen LogP contribution in [0.4, 0.5) is 0 Å². The van der Waals surface area contributed by atoms with Crippen LogP contribution in [0.2, 0.25) is 5.02 Å². The van der Waals surface area contributed by atoms with E-state index in [9.17, 15) is 9.90 Å². The van der Waals surface area contributed by atoms with Crippen molar-refractivity contribution >= 4 is 28.4 Å². The van der Waals surface area contributed by atoms with E-state index in [1.165, 1.54) is 0 Å². The zero-order valence-corrected chi connectivity index (χ0v) is 13.0. The van der Waals surface area contributed by atoms with E-state index in [0.717, 1.165) is 10.9 Å². The van der Waals surface area contributed by atoms with Gasteiger partial charge in [0, 0.05) is 23.2 Å². The molecule has 0 aliphatic heterocycles. The standard InChI is InChI=1S/C18H15ClN2O2.CH4/c19-14-5-1-3-12(11-14)8-10-21-18(23)15-7-6-13-4-2-9-20-16(13)17(15)22;/h1-7,9,11,22H,8,10H2,(H,21,23);1H4. The van der Waals surface area contributed by atoms with Gasteiger partial charge >= 0.3 is 0 Å². The smallest absolute Gasteiger partial charge is 0.255 e. The number of hydrogen-bond donors (Lipinski definition) is 2. The Morgan fingerprint density at radius 3 is 2.79 bits per heavy atom. The molecule has 0 aliphatic carbocycles. The lowest BCUT2D eigenvalue weighted by Gasteiger charge is -2.09. The summed E-state index contributed by atoms with van der Waals surface area (Å²) in [4.78, 5) is 16.4. The van der Waals surface area contributed by atoms with Gasteiger partial charge in [0.1, 0.15) is 5.52 Å². The highest BCUT2D eigenvalue weighted by molar-refractivity contribution is 6.30. The van der Waals surface area contributed by atoms with E-state index < -0.39 is 0 Å². The largest absolute Gasteiger partial charge is 0.505 e. The third-order valence-corrected chi connectivity index (χ3v) is 3.82. The summed E-state index contributed by atoms with van der Waals surface area (Å²) in [5.74, 6) is -0.416. The van der Waals surface area contributed by atoms with E-state index in [1.807, 2.05) is 30.3 Å². The third kappa shape index (κ3) is 3.84. The molecule has 2 aromatic carbocycles. The Kier molecular flexibility index (Phi) is 5.77. The van der Waals surface area contributed by atoms with Crippen molar-refractivity contribution in [3.63, 3.8) is 0 Å². The number of carbonyl (C=O) groups is 1. The fraction of sp³-hybridized carbons (Fsp3) is 0.158. The summed E-state index contributed by atoms with van der Waals surface area (Å²) < 4.78 is 0. The van der Waals surface area contributed by atoms with Crippen molar-refractivity contribution in [2.45, 2.75) is 13.8 Å². The molecule has 3 aromatic rings. The van der Waals surface area contributed by atoms with Crippen LogP contribution in [0.15, 0.2) is 54.7 Å². The van der Waals surface area contributed by atoms with Crippen molar-refractivity contribution in [1.82, 2.24) is 10.3 Å². The van der Waals surface area contributed by atoms with Crippen LogP contribution >= 0.6 is 11.6 Å². The van der Waals surface area contributed by atoms with Gasteiger partial charge in [0.2, 0.25) is 0 Å². The number of benzene rings is 2. The molecule has 0 saturated heterocycles. The molecule has 0 spiro atoms. The summed E-state index contributed by atoms with van der Waals surface area (Å²) in [6.45, 7) is 0.457. The molecule has 4 nitrogen and oxygen atoms in total. The quantitative estimate of drug-likeness (QED) is 0.746. The highest BCUT2D eigenvalue weighted by Crippen LogP contribution is 2.26. The Morgan fingerprint density at radius 2 is 2.00 bits per heavy atom. The molecule has 0 unspecified atom stereocenters. The summed E-state index contributed by atoms with van der Waals surface area (Å²) in [5, 5.41) is 14.5. The Bertz CT molecular complexity index is 865. The van der Waals surface area contributed by atoms with Crippen LogP contribution < -0.4 is 5.32 Å². The van der Waals surface area contributed by atoms with Crippen molar-refractivity contribution in [2.75, 3.05) is 6.54 Å². The number of rotatable bonds is 4. The molecule has 0 fully saturated rings. The number of phenolic OH excluding ortho intramolecular Hbond substituents is 1. The Hall–Kier alpha value is -2.59. The van der Waals surface area contributed by atoms with Crippen molar-refractivity contribution in [3.05, 3.63) is 70.9 Å². The lowest BCUT2D eigenvalue weighted by Crippen LogP contribution is -2.25. The molecule has 0 aliphatic rings. The zero-order valence-electron chi connectivity index (χ0n) is 12.3. The van der Waals surface area contributed by atoms with Gasteiger partial charge in [-0.1, -0.05) is 43.3 Å². The minimum Gasteiger partial charge on any atom is -0.505 e. The number of nitrogens with zero attached hydrogens (tertiary/aromatic N) is 1. The van der Waals surface area contributed by atoms with Crippen LogP contribution in [0.5, 0.6) is 5.75 Å². The van der Waals surface area contributed by atoms with E-state index in [1.54, 1.807) is 24.4 Å². The van der Waals surface area contributed by atoms with Crippen LogP contribution in [-0.4, -0.2) is 22.5 Å². The average Bonchev–Trinajstić information content (AvgIpc) is 2.55. The first-order valence-corrected chi connectivity index (χ1v) is 7.62. The van der Waals surface area contributed by atoms with Gasteiger partial charge in [-0.05, 0) is 36.2 Å². The number of carbonyl (C=O) groups excluding carboxylic acids is 1. The second-order valence-corrected chi connectivity index (χ2v) is 5.61. The van der Waals surface area contributed by atoms with Gasteiger partial charge in [0.05, 0.1) is 5.56 Å². The number of amides is 1. The van der Waals surface area contributed by atoms with E-state index in [2.05, 4.69) is 10.3 Å². The maximum atomic E-state index is 12.2. The van der Waals surface area contributed by atoms with Gasteiger partial charge < -0.3 is 10.4 Å². The first-order valence-electron chi connectivity index (χ1n) is 7.24. The summed E-state index contributed by atoms with van der Waals surface area (Å²) in [6.07, 6.45) is 2.25. The second kappa shape index (κ2) is 7.79. The van der Waals surface area contributed by atoms with Crippen molar-refractivity contribution in [1.29, 1.82) is 0 Å². The minimum atomic E-state index is -0.322. The number of phenols is 1. The molecule has 0 radical (unpaired) electrons. The second-order valence-electron chi connectivity index (χ2n) is 5.17. The Balaban J connectivity index is 0.00000208. The molecule has 0 saturated carbocycles. The van der Waals surface area contributed by atoms with Crippen LogP contribution in [0.25, 0.3) is 10.9 Å². The molecular formula is C19H19ClN2O2. The fourth-order valence-electron chi connectivity index (χ4n) is 2.42. The number of aromatic hydroxyl groups is 1. The third-order valence-electron chi connectivity index (χ3n) is 3.58. The number of fused-ring (bicyclic) bond motifs is 1. The first-order chi connectivity index (χ1) is 11.1. The lowest BCUT2D eigenvalue weighted by molar-refractivity contribution is 0.0951. The van der Waals surface area contributed by atoms with Crippen molar-refractivity contribution < 1.29 is 9.90 Å². The summed E-state index contributed by atoms with van der Waals surface area (Å²) in [5.41, 5.74) is 1.69. The number of nitrogens with one attached hydrogen (secondary N) is 1. The summed E-state index contributed by atoms with van der Waals surface area (Å²) in [6, 6.07) is 14.5. The zero-order chi connectivity index (χ0) is 16.2. The van der Waals surface area contributed by atoms with E-state index >= 15 is 0 Å². The Morgan fingerprint density at radius 1 is 1.17 bits per heavy atom. The summed E-state index contributed by atoms with van der Waals surface area (Å²) in [7, 11) is 0. The highest BCUT2D eigenvalue weighted by Gasteiger charge is 2.14. The molecule has 1 heterocycles. The minimum absolute atomic E-state index is 0. The number of hydrogen-bond acceptors (Lipinski definition) is 3. The Labute approximate surface area is 146 Å². The van der Waals surface area contributed by atoms with E-state index in [0.29, 0.717) is 23.5 Å². The van der Waals surface area contributed by atoms with Gasteiger partial charge in [-0.15, -0.1) is 0 Å². The molecule has 124 valence electrons. The molecule has 5 heteroatoms. The lowest BCUT2D eigenvalue weighted by atomic mass is 10.1. The van der Waals surface area contributed by atoms with Gasteiger partial charge in [-0.3, -0.25) is 9.78 Å². The van der Waals surface area contributed by atoms with Gasteiger partial charge in [0.25, 0.3) is 5.91 Å².